The molecule has 0 saturated carbocycles. The number of aromatic nitrogens is 1. The molecule has 1 unspecified atom stereocenters. The first-order chi connectivity index (χ1) is 11.7. The van der Waals surface area contributed by atoms with E-state index in [1.54, 1.807) is 6.20 Å². The van der Waals surface area contributed by atoms with Crippen LogP contribution in [0.15, 0.2) is 18.3 Å². The molecule has 2 N–H and O–H groups in total. The topological polar surface area (TPSA) is 57.3 Å². The summed E-state index contributed by atoms with van der Waals surface area (Å²) in [5.74, 6) is 2.49. The Morgan fingerprint density at radius 1 is 1.27 bits per heavy atom. The number of hydrogen-bond acceptors (Lipinski definition) is 4. The van der Waals surface area contributed by atoms with Gasteiger partial charge in [0.05, 0.1) is 5.56 Å². The highest BCUT2D eigenvalue weighted by molar-refractivity contribution is 5.94. The summed E-state index contributed by atoms with van der Waals surface area (Å²) in [4.78, 5) is 19.1. The van der Waals surface area contributed by atoms with Gasteiger partial charge in [0.15, 0.2) is 0 Å². The van der Waals surface area contributed by atoms with Crippen LogP contribution in [0.3, 0.4) is 0 Å². The van der Waals surface area contributed by atoms with Crippen LogP contribution in [0, 0.1) is 11.8 Å². The lowest BCUT2D eigenvalue weighted by Crippen LogP contribution is -2.34. The Morgan fingerprint density at radius 2 is 2.04 bits per heavy atom. The Morgan fingerprint density at radius 3 is 2.65 bits per heavy atom. The fourth-order valence-electron chi connectivity index (χ4n) is 3.61. The highest BCUT2D eigenvalue weighted by atomic mass is 35.5. The molecule has 1 atom stereocenters. The molecule has 1 aromatic rings. The van der Waals surface area contributed by atoms with Gasteiger partial charge in [-0.15, -0.1) is 24.8 Å². The number of anilines is 1. The minimum absolute atomic E-state index is 0. The minimum atomic E-state index is -0.00918. The van der Waals surface area contributed by atoms with Crippen molar-refractivity contribution in [1.29, 1.82) is 0 Å². The van der Waals surface area contributed by atoms with Crippen molar-refractivity contribution in [3.05, 3.63) is 23.9 Å². The first-order valence-electron chi connectivity index (χ1n) is 9.42. The van der Waals surface area contributed by atoms with Crippen molar-refractivity contribution < 1.29 is 4.79 Å². The third-order valence-corrected chi connectivity index (χ3v) is 5.35. The quantitative estimate of drug-likeness (QED) is 0.792. The Hall–Kier alpha value is -1.04. The second-order valence-corrected chi connectivity index (χ2v) is 7.33. The molecule has 1 amide bonds. The van der Waals surface area contributed by atoms with E-state index in [1.165, 1.54) is 25.7 Å². The van der Waals surface area contributed by atoms with Crippen LogP contribution in [0.1, 0.15) is 49.4 Å². The minimum Gasteiger partial charge on any atom is -0.357 e. The van der Waals surface area contributed by atoms with Gasteiger partial charge >= 0.3 is 0 Å². The van der Waals surface area contributed by atoms with Crippen molar-refractivity contribution in [1.82, 2.24) is 15.6 Å². The second-order valence-electron chi connectivity index (χ2n) is 7.33. The molecule has 0 bridgehead atoms. The summed E-state index contributed by atoms with van der Waals surface area (Å²) in [5.41, 5.74) is 0.658. The average molecular weight is 403 g/mol. The van der Waals surface area contributed by atoms with E-state index in [2.05, 4.69) is 27.4 Å². The Labute approximate surface area is 169 Å². The molecule has 3 rings (SSSR count). The standard InChI is InChI=1S/C19H30N4O.2ClH/c1-15-7-11-23(12-8-15)18-5-4-17(14-22-18)19(24)21-10-6-16-3-2-9-20-13-16;;/h4-5,14-16,20H,2-3,6-13H2,1H3,(H,21,24);2*1H. The molecular formula is C19H32Cl2N4O. The van der Waals surface area contributed by atoms with Crippen molar-refractivity contribution >= 4 is 36.5 Å². The van der Waals surface area contributed by atoms with Crippen LogP contribution in [0.2, 0.25) is 0 Å². The van der Waals surface area contributed by atoms with Gasteiger partial charge in [0.1, 0.15) is 5.82 Å². The van der Waals surface area contributed by atoms with Crippen LogP contribution in [-0.4, -0.2) is 43.6 Å². The number of nitrogens with zero attached hydrogens (tertiary/aromatic N) is 2. The predicted octanol–water partition coefficient (Wildman–Crippen LogP) is 3.28. The number of pyridine rings is 1. The smallest absolute Gasteiger partial charge is 0.252 e. The SMILES string of the molecule is CC1CCN(c2ccc(C(=O)NCCC3CCCNC3)cn2)CC1.Cl.Cl. The van der Waals surface area contributed by atoms with Gasteiger partial charge in [-0.25, -0.2) is 4.98 Å². The zero-order valence-corrected chi connectivity index (χ0v) is 17.2. The van der Waals surface area contributed by atoms with Gasteiger partial charge < -0.3 is 15.5 Å². The average Bonchev–Trinajstić information content (AvgIpc) is 2.63. The maximum absolute atomic E-state index is 12.2. The van der Waals surface area contributed by atoms with Crippen LogP contribution >= 0.6 is 24.8 Å². The molecule has 5 nitrogen and oxygen atoms in total. The van der Waals surface area contributed by atoms with E-state index in [1.807, 2.05) is 12.1 Å². The second kappa shape index (κ2) is 11.6. The summed E-state index contributed by atoms with van der Waals surface area (Å²) >= 11 is 0. The van der Waals surface area contributed by atoms with Crippen LogP contribution < -0.4 is 15.5 Å². The number of halogens is 2. The monoisotopic (exact) mass is 402 g/mol. The molecule has 0 aliphatic carbocycles. The number of amides is 1. The van der Waals surface area contributed by atoms with Crippen molar-refractivity contribution in [2.24, 2.45) is 11.8 Å². The van der Waals surface area contributed by atoms with Gasteiger partial charge in [-0.3, -0.25) is 4.79 Å². The van der Waals surface area contributed by atoms with E-state index in [-0.39, 0.29) is 30.7 Å². The maximum atomic E-state index is 12.2. The summed E-state index contributed by atoms with van der Waals surface area (Å²) in [5, 5.41) is 6.45. The van der Waals surface area contributed by atoms with Gasteiger partial charge in [-0.05, 0) is 69.2 Å². The van der Waals surface area contributed by atoms with Gasteiger partial charge in [-0.2, -0.15) is 0 Å². The van der Waals surface area contributed by atoms with E-state index in [0.717, 1.165) is 50.9 Å². The molecule has 0 spiro atoms. The Kier molecular flexibility index (Phi) is 10.3. The summed E-state index contributed by atoms with van der Waals surface area (Å²) in [6.07, 6.45) is 7.73. The Bertz CT molecular complexity index is 527. The molecule has 3 heterocycles. The van der Waals surface area contributed by atoms with Crippen molar-refractivity contribution in [2.45, 2.75) is 39.0 Å². The zero-order chi connectivity index (χ0) is 16.8. The van der Waals surface area contributed by atoms with Crippen molar-refractivity contribution in [3.8, 4) is 0 Å². The summed E-state index contributed by atoms with van der Waals surface area (Å²) in [6.45, 7) is 7.40. The molecule has 2 aliphatic rings. The summed E-state index contributed by atoms with van der Waals surface area (Å²) in [6, 6.07) is 3.88. The fourth-order valence-corrected chi connectivity index (χ4v) is 3.61. The summed E-state index contributed by atoms with van der Waals surface area (Å²) in [7, 11) is 0. The van der Waals surface area contributed by atoms with Crippen LogP contribution in [0.25, 0.3) is 0 Å². The molecule has 2 fully saturated rings. The number of rotatable bonds is 5. The number of carbonyl (C=O) groups excluding carboxylic acids is 1. The number of carbonyl (C=O) groups is 1. The fraction of sp³-hybridized carbons (Fsp3) is 0.684. The summed E-state index contributed by atoms with van der Waals surface area (Å²) < 4.78 is 0. The lowest BCUT2D eigenvalue weighted by atomic mass is 9.96. The molecular weight excluding hydrogens is 371 g/mol. The largest absolute Gasteiger partial charge is 0.357 e. The van der Waals surface area contributed by atoms with Crippen LogP contribution in [0.4, 0.5) is 5.82 Å². The van der Waals surface area contributed by atoms with Gasteiger partial charge in [-0.1, -0.05) is 6.92 Å². The number of hydrogen-bond donors (Lipinski definition) is 2. The third-order valence-electron chi connectivity index (χ3n) is 5.35. The molecule has 148 valence electrons. The van der Waals surface area contributed by atoms with E-state index < -0.39 is 0 Å². The van der Waals surface area contributed by atoms with E-state index >= 15 is 0 Å². The van der Waals surface area contributed by atoms with E-state index in [9.17, 15) is 4.79 Å². The normalized spacial score (nSPS) is 20.7. The van der Waals surface area contributed by atoms with Crippen molar-refractivity contribution in [3.63, 3.8) is 0 Å². The predicted molar refractivity (Wildman–Crippen MR) is 112 cm³/mol. The highest BCUT2D eigenvalue weighted by Crippen LogP contribution is 2.21. The van der Waals surface area contributed by atoms with Crippen molar-refractivity contribution in [2.75, 3.05) is 37.6 Å². The highest BCUT2D eigenvalue weighted by Gasteiger charge is 2.17. The number of piperidine rings is 2. The molecule has 26 heavy (non-hydrogen) atoms. The number of nitrogens with one attached hydrogen (secondary N) is 2. The van der Waals surface area contributed by atoms with E-state index in [0.29, 0.717) is 11.5 Å². The molecule has 2 aliphatic heterocycles. The molecule has 7 heteroatoms. The zero-order valence-electron chi connectivity index (χ0n) is 15.6. The first kappa shape index (κ1) is 23.0. The van der Waals surface area contributed by atoms with Crippen LogP contribution in [0.5, 0.6) is 0 Å². The lowest BCUT2D eigenvalue weighted by molar-refractivity contribution is 0.0950. The molecule has 0 radical (unpaired) electrons. The maximum Gasteiger partial charge on any atom is 0.252 e. The van der Waals surface area contributed by atoms with Gasteiger partial charge in [0, 0.05) is 25.8 Å². The van der Waals surface area contributed by atoms with Crippen LogP contribution in [-0.2, 0) is 0 Å². The third kappa shape index (κ3) is 6.60. The molecule has 2 saturated heterocycles. The molecule has 1 aromatic heterocycles. The molecule has 0 aromatic carbocycles. The lowest BCUT2D eigenvalue weighted by Gasteiger charge is -2.31. The Balaban J connectivity index is 0.00000169. The van der Waals surface area contributed by atoms with Gasteiger partial charge in [0.25, 0.3) is 5.91 Å². The van der Waals surface area contributed by atoms with Gasteiger partial charge in [0.2, 0.25) is 0 Å². The first-order valence-corrected chi connectivity index (χ1v) is 9.42. The van der Waals surface area contributed by atoms with E-state index in [4.69, 9.17) is 0 Å².